The van der Waals surface area contributed by atoms with E-state index in [1.807, 2.05) is 24.3 Å². The molecule has 5 nitrogen and oxygen atoms in total. The number of hydrogen-bond donors (Lipinski definition) is 1. The van der Waals surface area contributed by atoms with Gasteiger partial charge >= 0.3 is 0 Å². The normalized spacial score (nSPS) is 11.1. The first-order chi connectivity index (χ1) is 10.8. The Balaban J connectivity index is 1.93. The van der Waals surface area contributed by atoms with Crippen molar-refractivity contribution >= 4 is 17.5 Å². The molecule has 122 valence electrons. The fourth-order valence-electron chi connectivity index (χ4n) is 2.13. The minimum absolute atomic E-state index is 0.0411. The molecule has 2 aromatic rings. The standard InChI is InChI=1S/C18H22N2O3/c1-18(2,3)13-7-9-14(10-8-13)19-16(21)12-20(4)17(22)15-6-5-11-23-15/h5-11H,12H2,1-4H3,(H,19,21). The molecule has 0 aliphatic heterocycles. The predicted octanol–water partition coefficient (Wildman–Crippen LogP) is 3.29. The molecule has 0 saturated carbocycles. The highest BCUT2D eigenvalue weighted by atomic mass is 16.3. The van der Waals surface area contributed by atoms with Gasteiger partial charge in [-0.3, -0.25) is 9.59 Å². The monoisotopic (exact) mass is 314 g/mol. The van der Waals surface area contributed by atoms with E-state index in [2.05, 4.69) is 26.1 Å². The molecule has 0 atom stereocenters. The maximum atomic E-state index is 12.0. The molecule has 2 rings (SSSR count). The zero-order chi connectivity index (χ0) is 17.0. The summed E-state index contributed by atoms with van der Waals surface area (Å²) in [7, 11) is 1.56. The molecule has 0 radical (unpaired) electrons. The van der Waals surface area contributed by atoms with Crippen LogP contribution in [0.1, 0.15) is 36.9 Å². The second-order valence-corrected chi connectivity index (χ2v) is 6.51. The van der Waals surface area contributed by atoms with Gasteiger partial charge in [0.15, 0.2) is 5.76 Å². The van der Waals surface area contributed by atoms with Crippen LogP contribution in [0.15, 0.2) is 47.1 Å². The molecule has 0 fully saturated rings. The van der Waals surface area contributed by atoms with E-state index in [-0.39, 0.29) is 29.5 Å². The summed E-state index contributed by atoms with van der Waals surface area (Å²) in [5.41, 5.74) is 1.97. The summed E-state index contributed by atoms with van der Waals surface area (Å²) in [5.74, 6) is -0.362. The third-order valence-corrected chi connectivity index (χ3v) is 3.49. The van der Waals surface area contributed by atoms with Crippen molar-refractivity contribution in [1.82, 2.24) is 4.90 Å². The lowest BCUT2D eigenvalue weighted by Gasteiger charge is -2.19. The lowest BCUT2D eigenvalue weighted by molar-refractivity contribution is -0.116. The van der Waals surface area contributed by atoms with E-state index in [4.69, 9.17) is 4.42 Å². The van der Waals surface area contributed by atoms with Crippen molar-refractivity contribution in [2.75, 3.05) is 18.9 Å². The van der Waals surface area contributed by atoms with E-state index in [1.54, 1.807) is 19.2 Å². The number of carbonyl (C=O) groups excluding carboxylic acids is 2. The molecule has 23 heavy (non-hydrogen) atoms. The molecule has 1 aromatic heterocycles. The number of amides is 2. The van der Waals surface area contributed by atoms with Gasteiger partial charge in [-0.15, -0.1) is 0 Å². The number of carbonyl (C=O) groups is 2. The van der Waals surface area contributed by atoms with E-state index >= 15 is 0 Å². The van der Waals surface area contributed by atoms with Crippen LogP contribution in [-0.2, 0) is 10.2 Å². The van der Waals surface area contributed by atoms with Crippen LogP contribution < -0.4 is 5.32 Å². The van der Waals surface area contributed by atoms with Crippen molar-refractivity contribution in [2.45, 2.75) is 26.2 Å². The first kappa shape index (κ1) is 16.8. The van der Waals surface area contributed by atoms with Crippen molar-refractivity contribution in [3.63, 3.8) is 0 Å². The number of anilines is 1. The molecule has 5 heteroatoms. The first-order valence-corrected chi connectivity index (χ1v) is 7.47. The average Bonchev–Trinajstić information content (AvgIpc) is 3.00. The van der Waals surface area contributed by atoms with Crippen LogP contribution in [0.4, 0.5) is 5.69 Å². The van der Waals surface area contributed by atoms with Gasteiger partial charge in [0, 0.05) is 12.7 Å². The number of benzene rings is 1. The van der Waals surface area contributed by atoms with Gasteiger partial charge in [-0.1, -0.05) is 32.9 Å². The van der Waals surface area contributed by atoms with E-state index in [1.165, 1.54) is 16.7 Å². The zero-order valence-electron chi connectivity index (χ0n) is 13.9. The Morgan fingerprint density at radius 1 is 1.13 bits per heavy atom. The summed E-state index contributed by atoms with van der Waals surface area (Å²) >= 11 is 0. The Morgan fingerprint density at radius 2 is 1.78 bits per heavy atom. The quantitative estimate of drug-likeness (QED) is 0.942. The number of likely N-dealkylation sites (N-methyl/N-ethyl adjacent to an activating group) is 1. The smallest absolute Gasteiger partial charge is 0.289 e. The van der Waals surface area contributed by atoms with Crippen molar-refractivity contribution in [1.29, 1.82) is 0 Å². The zero-order valence-corrected chi connectivity index (χ0v) is 13.9. The van der Waals surface area contributed by atoms with Gasteiger partial charge in [-0.2, -0.15) is 0 Å². The summed E-state index contributed by atoms with van der Waals surface area (Å²) in [4.78, 5) is 25.4. The molecule has 0 bridgehead atoms. The predicted molar refractivity (Wildman–Crippen MR) is 89.4 cm³/mol. The van der Waals surface area contributed by atoms with Crippen LogP contribution in [0.2, 0.25) is 0 Å². The Morgan fingerprint density at radius 3 is 2.30 bits per heavy atom. The molecule has 2 amide bonds. The highest BCUT2D eigenvalue weighted by molar-refractivity contribution is 5.97. The summed E-state index contributed by atoms with van der Waals surface area (Å²) in [6.45, 7) is 6.36. The van der Waals surface area contributed by atoms with E-state index in [0.717, 1.165) is 0 Å². The van der Waals surface area contributed by atoms with Crippen LogP contribution in [-0.4, -0.2) is 30.3 Å². The molecular weight excluding hydrogens is 292 g/mol. The van der Waals surface area contributed by atoms with Gasteiger partial charge in [0.1, 0.15) is 0 Å². The largest absolute Gasteiger partial charge is 0.459 e. The second-order valence-electron chi connectivity index (χ2n) is 6.51. The minimum atomic E-state index is -0.326. The van der Waals surface area contributed by atoms with Crippen LogP contribution in [0.3, 0.4) is 0 Å². The summed E-state index contributed by atoms with van der Waals surface area (Å²) in [6.07, 6.45) is 1.43. The summed E-state index contributed by atoms with van der Waals surface area (Å²) in [5, 5.41) is 2.79. The highest BCUT2D eigenvalue weighted by Gasteiger charge is 2.17. The van der Waals surface area contributed by atoms with Gasteiger partial charge < -0.3 is 14.6 Å². The van der Waals surface area contributed by atoms with Crippen molar-refractivity contribution in [3.8, 4) is 0 Å². The molecule has 1 N–H and O–H groups in total. The van der Waals surface area contributed by atoms with Gasteiger partial charge in [0.25, 0.3) is 5.91 Å². The highest BCUT2D eigenvalue weighted by Crippen LogP contribution is 2.23. The number of nitrogens with one attached hydrogen (secondary N) is 1. The molecular formula is C18H22N2O3. The van der Waals surface area contributed by atoms with Crippen molar-refractivity contribution < 1.29 is 14.0 Å². The van der Waals surface area contributed by atoms with Gasteiger partial charge in [0.2, 0.25) is 5.91 Å². The van der Waals surface area contributed by atoms with Crippen LogP contribution in [0.25, 0.3) is 0 Å². The van der Waals surface area contributed by atoms with Gasteiger partial charge in [-0.25, -0.2) is 0 Å². The van der Waals surface area contributed by atoms with E-state index < -0.39 is 0 Å². The number of rotatable bonds is 4. The molecule has 1 aromatic carbocycles. The van der Waals surface area contributed by atoms with Crippen LogP contribution >= 0.6 is 0 Å². The molecule has 0 aliphatic rings. The minimum Gasteiger partial charge on any atom is -0.459 e. The molecule has 1 heterocycles. The molecule has 0 saturated heterocycles. The maximum absolute atomic E-state index is 12.0. The maximum Gasteiger partial charge on any atom is 0.289 e. The number of furan rings is 1. The first-order valence-electron chi connectivity index (χ1n) is 7.47. The fraction of sp³-hybridized carbons (Fsp3) is 0.333. The SMILES string of the molecule is CN(CC(=O)Nc1ccc(C(C)(C)C)cc1)C(=O)c1ccco1. The van der Waals surface area contributed by atoms with E-state index in [0.29, 0.717) is 5.69 Å². The van der Waals surface area contributed by atoms with Gasteiger partial charge in [0.05, 0.1) is 12.8 Å². The third kappa shape index (κ3) is 4.45. The van der Waals surface area contributed by atoms with Crippen molar-refractivity contribution in [3.05, 3.63) is 54.0 Å². The molecule has 0 spiro atoms. The second kappa shape index (κ2) is 6.69. The summed E-state index contributed by atoms with van der Waals surface area (Å²) in [6, 6.07) is 10.9. The van der Waals surface area contributed by atoms with E-state index in [9.17, 15) is 9.59 Å². The number of hydrogen-bond acceptors (Lipinski definition) is 3. The Kier molecular flexibility index (Phi) is 4.89. The van der Waals surface area contributed by atoms with Crippen molar-refractivity contribution in [2.24, 2.45) is 0 Å². The Bertz CT molecular complexity index is 667. The van der Waals surface area contributed by atoms with Crippen LogP contribution in [0.5, 0.6) is 0 Å². The molecule has 0 unspecified atom stereocenters. The summed E-state index contributed by atoms with van der Waals surface area (Å²) < 4.78 is 5.04. The lowest BCUT2D eigenvalue weighted by Crippen LogP contribution is -2.34. The fourth-order valence-corrected chi connectivity index (χ4v) is 2.13. The molecule has 0 aliphatic carbocycles. The Labute approximate surface area is 136 Å². The topological polar surface area (TPSA) is 62.6 Å². The Hall–Kier alpha value is -2.56. The number of nitrogens with zero attached hydrogens (tertiary/aromatic N) is 1. The van der Waals surface area contributed by atoms with Crippen LogP contribution in [0, 0.1) is 0 Å². The average molecular weight is 314 g/mol. The van der Waals surface area contributed by atoms with Gasteiger partial charge in [-0.05, 0) is 35.2 Å². The third-order valence-electron chi connectivity index (χ3n) is 3.49. The lowest BCUT2D eigenvalue weighted by atomic mass is 9.87.